The zero-order valence-corrected chi connectivity index (χ0v) is 12.5. The average molecular weight is 336 g/mol. The lowest BCUT2D eigenvalue weighted by atomic mass is 10.1. The number of halogens is 1. The summed E-state index contributed by atoms with van der Waals surface area (Å²) in [6, 6.07) is 10.8. The van der Waals surface area contributed by atoms with Gasteiger partial charge >= 0.3 is 0 Å². The maximum Gasteiger partial charge on any atom is 0.275 e. The van der Waals surface area contributed by atoms with Gasteiger partial charge in [0.1, 0.15) is 0 Å². The molecular formula is C14H14BrN3O2. The number of rotatable bonds is 5. The summed E-state index contributed by atoms with van der Waals surface area (Å²) in [4.78, 5) is 14.9. The lowest BCUT2D eigenvalue weighted by Crippen LogP contribution is -2.19. The molecule has 1 atom stereocenters. The monoisotopic (exact) mass is 335 g/mol. The van der Waals surface area contributed by atoms with E-state index in [0.29, 0.717) is 16.6 Å². The quantitative estimate of drug-likeness (QED) is 0.669. The van der Waals surface area contributed by atoms with E-state index in [2.05, 4.69) is 26.2 Å². The molecule has 0 saturated carbocycles. The fourth-order valence-corrected chi connectivity index (χ4v) is 2.21. The molecule has 0 saturated heterocycles. The zero-order chi connectivity index (χ0) is 14.5. The Kier molecular flexibility index (Phi) is 4.81. The van der Waals surface area contributed by atoms with Gasteiger partial charge in [0.05, 0.1) is 10.6 Å². The standard InChI is InChI=1S/C14H14BrN3O2/c1-10(13-4-2-3-7-16-13)17-9-11-5-6-12(15)8-14(11)18(19)20/h2-8,10,17H,9H2,1H3/t10-/m0/s1. The minimum Gasteiger partial charge on any atom is -0.304 e. The minimum absolute atomic E-state index is 0.0273. The third kappa shape index (κ3) is 3.61. The molecule has 1 heterocycles. The zero-order valence-electron chi connectivity index (χ0n) is 10.9. The van der Waals surface area contributed by atoms with Crippen molar-refractivity contribution in [1.29, 1.82) is 0 Å². The lowest BCUT2D eigenvalue weighted by Gasteiger charge is -2.13. The van der Waals surface area contributed by atoms with Crippen LogP contribution in [0, 0.1) is 10.1 Å². The number of benzene rings is 1. The van der Waals surface area contributed by atoms with Gasteiger partial charge < -0.3 is 5.32 Å². The Bertz CT molecular complexity index is 605. The van der Waals surface area contributed by atoms with Crippen LogP contribution in [0.25, 0.3) is 0 Å². The number of nitrogens with zero attached hydrogens (tertiary/aromatic N) is 2. The molecule has 104 valence electrons. The second kappa shape index (κ2) is 6.58. The maximum absolute atomic E-state index is 11.0. The summed E-state index contributed by atoms with van der Waals surface area (Å²) < 4.78 is 0.700. The Labute approximate surface area is 125 Å². The summed E-state index contributed by atoms with van der Waals surface area (Å²) in [7, 11) is 0. The van der Waals surface area contributed by atoms with Crippen LogP contribution >= 0.6 is 15.9 Å². The van der Waals surface area contributed by atoms with E-state index in [1.165, 1.54) is 6.07 Å². The Balaban J connectivity index is 2.09. The van der Waals surface area contributed by atoms with Gasteiger partial charge in [-0.15, -0.1) is 0 Å². The highest BCUT2D eigenvalue weighted by atomic mass is 79.9. The normalized spacial score (nSPS) is 12.1. The van der Waals surface area contributed by atoms with Gasteiger partial charge in [-0.05, 0) is 31.2 Å². The molecule has 2 aromatic rings. The van der Waals surface area contributed by atoms with Crippen LogP contribution in [0.4, 0.5) is 5.69 Å². The van der Waals surface area contributed by atoms with Crippen molar-refractivity contribution in [2.45, 2.75) is 19.5 Å². The fourth-order valence-electron chi connectivity index (χ4n) is 1.86. The first kappa shape index (κ1) is 14.6. The summed E-state index contributed by atoms with van der Waals surface area (Å²) in [6.07, 6.45) is 1.73. The van der Waals surface area contributed by atoms with Gasteiger partial charge in [0.25, 0.3) is 5.69 Å². The molecule has 0 fully saturated rings. The first-order chi connectivity index (χ1) is 9.58. The van der Waals surface area contributed by atoms with E-state index < -0.39 is 0 Å². The van der Waals surface area contributed by atoms with Crippen LogP contribution in [0.1, 0.15) is 24.2 Å². The summed E-state index contributed by atoms with van der Waals surface area (Å²) in [5.41, 5.74) is 1.67. The molecule has 6 heteroatoms. The number of hydrogen-bond acceptors (Lipinski definition) is 4. The Morgan fingerprint density at radius 2 is 2.20 bits per heavy atom. The first-order valence-corrected chi connectivity index (χ1v) is 6.94. The topological polar surface area (TPSA) is 68.1 Å². The van der Waals surface area contributed by atoms with Gasteiger partial charge in [0.15, 0.2) is 0 Å². The molecule has 0 unspecified atom stereocenters. The molecule has 0 bridgehead atoms. The Hall–Kier alpha value is -1.79. The van der Waals surface area contributed by atoms with Crippen LogP contribution < -0.4 is 5.32 Å². The number of nitro benzene ring substituents is 1. The first-order valence-electron chi connectivity index (χ1n) is 6.15. The van der Waals surface area contributed by atoms with Crippen molar-refractivity contribution >= 4 is 21.6 Å². The van der Waals surface area contributed by atoms with Crippen molar-refractivity contribution in [2.24, 2.45) is 0 Å². The predicted molar refractivity (Wildman–Crippen MR) is 80.3 cm³/mol. The van der Waals surface area contributed by atoms with E-state index >= 15 is 0 Å². The second-order valence-electron chi connectivity index (χ2n) is 4.39. The number of nitrogens with one attached hydrogen (secondary N) is 1. The Morgan fingerprint density at radius 1 is 1.40 bits per heavy atom. The predicted octanol–water partition coefficient (Wildman–Crippen LogP) is 3.60. The highest BCUT2D eigenvalue weighted by Crippen LogP contribution is 2.24. The SMILES string of the molecule is C[C@H](NCc1ccc(Br)cc1[N+](=O)[O-])c1ccccn1. The van der Waals surface area contributed by atoms with Gasteiger partial charge in [0.2, 0.25) is 0 Å². The lowest BCUT2D eigenvalue weighted by molar-refractivity contribution is -0.385. The van der Waals surface area contributed by atoms with Crippen LogP contribution in [-0.2, 0) is 6.54 Å². The summed E-state index contributed by atoms with van der Waals surface area (Å²) >= 11 is 3.25. The molecule has 0 aliphatic carbocycles. The van der Waals surface area contributed by atoms with Crippen molar-refractivity contribution in [2.75, 3.05) is 0 Å². The third-order valence-corrected chi connectivity index (χ3v) is 3.47. The third-order valence-electron chi connectivity index (χ3n) is 2.97. The van der Waals surface area contributed by atoms with E-state index in [0.717, 1.165) is 5.69 Å². The summed E-state index contributed by atoms with van der Waals surface area (Å²) in [5, 5.41) is 14.3. The summed E-state index contributed by atoms with van der Waals surface area (Å²) in [6.45, 7) is 2.40. The molecule has 0 radical (unpaired) electrons. The molecule has 0 aliphatic rings. The van der Waals surface area contributed by atoms with Gasteiger partial charge in [-0.2, -0.15) is 0 Å². The molecule has 2 rings (SSSR count). The van der Waals surface area contributed by atoms with Crippen LogP contribution in [0.3, 0.4) is 0 Å². The molecule has 1 N–H and O–H groups in total. The smallest absolute Gasteiger partial charge is 0.275 e. The molecule has 20 heavy (non-hydrogen) atoms. The van der Waals surface area contributed by atoms with Crippen LogP contribution in [0.2, 0.25) is 0 Å². The van der Waals surface area contributed by atoms with Crippen molar-refractivity contribution in [1.82, 2.24) is 10.3 Å². The molecular weight excluding hydrogens is 322 g/mol. The highest BCUT2D eigenvalue weighted by Gasteiger charge is 2.15. The Morgan fingerprint density at radius 3 is 2.85 bits per heavy atom. The number of hydrogen-bond donors (Lipinski definition) is 1. The average Bonchev–Trinajstić information content (AvgIpc) is 2.46. The molecule has 1 aromatic carbocycles. The van der Waals surface area contributed by atoms with Crippen molar-refractivity contribution in [3.05, 3.63) is 68.4 Å². The van der Waals surface area contributed by atoms with E-state index in [1.807, 2.05) is 25.1 Å². The second-order valence-corrected chi connectivity index (χ2v) is 5.30. The molecule has 0 spiro atoms. The molecule has 0 aliphatic heterocycles. The number of pyridine rings is 1. The van der Waals surface area contributed by atoms with E-state index in [-0.39, 0.29) is 16.7 Å². The van der Waals surface area contributed by atoms with Crippen molar-refractivity contribution in [3.8, 4) is 0 Å². The van der Waals surface area contributed by atoms with Crippen LogP contribution in [-0.4, -0.2) is 9.91 Å². The van der Waals surface area contributed by atoms with Gasteiger partial charge in [-0.1, -0.05) is 22.0 Å². The van der Waals surface area contributed by atoms with Gasteiger partial charge in [-0.25, -0.2) is 0 Å². The van der Waals surface area contributed by atoms with Gasteiger partial charge in [0, 0.05) is 34.9 Å². The number of nitro groups is 1. The fraction of sp³-hybridized carbons (Fsp3) is 0.214. The van der Waals surface area contributed by atoms with Crippen molar-refractivity contribution < 1.29 is 4.92 Å². The van der Waals surface area contributed by atoms with Crippen molar-refractivity contribution in [3.63, 3.8) is 0 Å². The van der Waals surface area contributed by atoms with E-state index in [4.69, 9.17) is 0 Å². The molecule has 1 aromatic heterocycles. The van der Waals surface area contributed by atoms with Crippen LogP contribution in [0.15, 0.2) is 47.1 Å². The van der Waals surface area contributed by atoms with E-state index in [1.54, 1.807) is 18.3 Å². The van der Waals surface area contributed by atoms with Gasteiger partial charge in [-0.3, -0.25) is 15.1 Å². The molecule has 5 nitrogen and oxygen atoms in total. The van der Waals surface area contributed by atoms with E-state index in [9.17, 15) is 10.1 Å². The molecule has 0 amide bonds. The highest BCUT2D eigenvalue weighted by molar-refractivity contribution is 9.10. The number of aromatic nitrogens is 1. The summed E-state index contributed by atoms with van der Waals surface area (Å²) in [5.74, 6) is 0. The largest absolute Gasteiger partial charge is 0.304 e. The minimum atomic E-state index is -0.368. The maximum atomic E-state index is 11.0. The van der Waals surface area contributed by atoms with Crippen LogP contribution in [0.5, 0.6) is 0 Å².